The molecular formula is C64H55N3OSi+2. The van der Waals surface area contributed by atoms with Crippen LogP contribution in [0.3, 0.4) is 0 Å². The SMILES string of the molecule is Cc1ccc(-c2ccc3c(c2)oc2c4c(ccc23)C2(c3ccccc3-c3cc(C)c([Si](C)(C)C)c[n+]32)[n+]2c-4n(-c3c(-c4ccccc4)cc(C(C)(C)C)cc3-c3ccccc3)c3ccccc32)cc1. The van der Waals surface area contributed by atoms with Crippen molar-refractivity contribution in [3.05, 3.63) is 216 Å². The number of imidazole rings is 1. The molecule has 2 aliphatic heterocycles. The molecule has 0 fully saturated rings. The van der Waals surface area contributed by atoms with Crippen molar-refractivity contribution in [2.24, 2.45) is 0 Å². The molecule has 0 saturated heterocycles. The molecule has 13 rings (SSSR count). The van der Waals surface area contributed by atoms with E-state index in [0.29, 0.717) is 0 Å². The van der Waals surface area contributed by atoms with Crippen molar-refractivity contribution in [3.8, 4) is 61.7 Å². The van der Waals surface area contributed by atoms with Gasteiger partial charge in [0, 0.05) is 33.2 Å². The quantitative estimate of drug-likeness (QED) is 0.125. The van der Waals surface area contributed by atoms with Gasteiger partial charge in [0.2, 0.25) is 5.69 Å². The first kappa shape index (κ1) is 41.6. The van der Waals surface area contributed by atoms with Crippen molar-refractivity contribution in [1.82, 2.24) is 4.57 Å². The summed E-state index contributed by atoms with van der Waals surface area (Å²) in [4.78, 5) is 0. The Labute approximate surface area is 405 Å². The van der Waals surface area contributed by atoms with Crippen LogP contribution in [0.4, 0.5) is 0 Å². The lowest BCUT2D eigenvalue weighted by molar-refractivity contribution is -0.944. The zero-order valence-corrected chi connectivity index (χ0v) is 41.6. The topological polar surface area (TPSA) is 25.8 Å². The molecule has 0 saturated carbocycles. The second kappa shape index (κ2) is 14.7. The summed E-state index contributed by atoms with van der Waals surface area (Å²) in [6, 6.07) is 68.0. The van der Waals surface area contributed by atoms with Gasteiger partial charge in [-0.15, -0.1) is 9.13 Å². The molecule has 334 valence electrons. The molecule has 8 aromatic carbocycles. The lowest BCUT2D eigenvalue weighted by Crippen LogP contribution is -2.72. The summed E-state index contributed by atoms with van der Waals surface area (Å²) in [5, 5.41) is 3.68. The number of pyridine rings is 1. The molecule has 0 N–H and O–H groups in total. The minimum absolute atomic E-state index is 0.115. The fourth-order valence-electron chi connectivity index (χ4n) is 11.9. The lowest BCUT2D eigenvalue weighted by atomic mass is 9.82. The van der Waals surface area contributed by atoms with Gasteiger partial charge in [0.05, 0.1) is 24.8 Å². The maximum absolute atomic E-state index is 7.47. The van der Waals surface area contributed by atoms with Crippen molar-refractivity contribution >= 4 is 46.2 Å². The number of furan rings is 1. The Balaban J connectivity index is 1.26. The van der Waals surface area contributed by atoms with Crippen LogP contribution in [-0.2, 0) is 11.1 Å². The molecule has 11 aromatic rings. The number of rotatable bonds is 5. The third-order valence-corrected chi connectivity index (χ3v) is 17.3. The predicted molar refractivity (Wildman–Crippen MR) is 287 cm³/mol. The van der Waals surface area contributed by atoms with E-state index in [9.17, 15) is 0 Å². The van der Waals surface area contributed by atoms with Crippen molar-refractivity contribution in [1.29, 1.82) is 0 Å². The highest BCUT2D eigenvalue weighted by Gasteiger charge is 2.67. The number of benzene rings is 8. The molecule has 3 aromatic heterocycles. The van der Waals surface area contributed by atoms with E-state index in [1.807, 2.05) is 0 Å². The molecule has 1 spiro atoms. The van der Waals surface area contributed by atoms with Gasteiger partial charge in [-0.05, 0) is 113 Å². The van der Waals surface area contributed by atoms with Crippen LogP contribution in [0.25, 0.3) is 94.7 Å². The monoisotopic (exact) mass is 909 g/mol. The van der Waals surface area contributed by atoms with E-state index in [-0.39, 0.29) is 5.41 Å². The van der Waals surface area contributed by atoms with Gasteiger partial charge in [-0.1, -0.05) is 161 Å². The van der Waals surface area contributed by atoms with E-state index < -0.39 is 13.7 Å². The van der Waals surface area contributed by atoms with E-state index in [1.165, 1.54) is 72.1 Å². The third kappa shape index (κ3) is 5.93. The Morgan fingerprint density at radius 2 is 1.19 bits per heavy atom. The first-order chi connectivity index (χ1) is 33.3. The number of nitrogens with zero attached hydrogens (tertiary/aromatic N) is 3. The lowest BCUT2D eigenvalue weighted by Gasteiger charge is -2.24. The van der Waals surface area contributed by atoms with Crippen LogP contribution in [0.15, 0.2) is 193 Å². The number of aryl methyl sites for hydroxylation is 2. The number of aromatic nitrogens is 3. The summed E-state index contributed by atoms with van der Waals surface area (Å²) in [6.45, 7) is 18.9. The van der Waals surface area contributed by atoms with E-state index in [2.05, 4.69) is 256 Å². The average molecular weight is 910 g/mol. The van der Waals surface area contributed by atoms with Gasteiger partial charge < -0.3 is 4.42 Å². The summed E-state index contributed by atoms with van der Waals surface area (Å²) in [5.41, 5.74) is 21.3. The largest absolute Gasteiger partial charge is 0.455 e. The van der Waals surface area contributed by atoms with Crippen molar-refractivity contribution < 1.29 is 13.6 Å². The molecule has 1 atom stereocenters. The highest BCUT2D eigenvalue weighted by Crippen LogP contribution is 2.54. The second-order valence-electron chi connectivity index (χ2n) is 21.5. The van der Waals surface area contributed by atoms with E-state index in [1.54, 1.807) is 0 Å². The molecule has 0 amide bonds. The van der Waals surface area contributed by atoms with Gasteiger partial charge in [0.25, 0.3) is 0 Å². The molecule has 0 bridgehead atoms. The van der Waals surface area contributed by atoms with Crippen LogP contribution in [-0.4, -0.2) is 12.6 Å². The summed E-state index contributed by atoms with van der Waals surface area (Å²) in [6.07, 6.45) is 2.54. The minimum Gasteiger partial charge on any atom is -0.455 e. The number of para-hydroxylation sites is 2. The Morgan fingerprint density at radius 3 is 1.87 bits per heavy atom. The maximum atomic E-state index is 7.47. The minimum atomic E-state index is -1.84. The first-order valence-corrected chi connectivity index (χ1v) is 27.9. The van der Waals surface area contributed by atoms with Crippen molar-refractivity contribution in [2.45, 2.75) is 65.3 Å². The second-order valence-corrected chi connectivity index (χ2v) is 26.6. The molecule has 0 aliphatic carbocycles. The Bertz CT molecular complexity index is 3860. The van der Waals surface area contributed by atoms with E-state index >= 15 is 0 Å². The van der Waals surface area contributed by atoms with Gasteiger partial charge in [-0.3, -0.25) is 0 Å². The molecule has 2 aliphatic rings. The molecule has 5 heterocycles. The summed E-state index contributed by atoms with van der Waals surface area (Å²) in [5.74, 6) is 1.10. The van der Waals surface area contributed by atoms with Crippen LogP contribution in [0.2, 0.25) is 19.6 Å². The Morgan fingerprint density at radius 1 is 0.565 bits per heavy atom. The zero-order valence-electron chi connectivity index (χ0n) is 40.6. The van der Waals surface area contributed by atoms with Crippen LogP contribution in [0.5, 0.6) is 0 Å². The van der Waals surface area contributed by atoms with Crippen LogP contribution < -0.4 is 14.3 Å². The normalized spacial score (nSPS) is 15.0. The summed E-state index contributed by atoms with van der Waals surface area (Å²) in [7, 11) is -1.84. The van der Waals surface area contributed by atoms with Gasteiger partial charge in [-0.2, -0.15) is 4.57 Å². The fraction of sp³-hybridized carbons (Fsp3) is 0.156. The van der Waals surface area contributed by atoms with Gasteiger partial charge in [0.15, 0.2) is 22.8 Å². The van der Waals surface area contributed by atoms with Crippen LogP contribution in [0.1, 0.15) is 48.6 Å². The summed E-state index contributed by atoms with van der Waals surface area (Å²) >= 11 is 0. The van der Waals surface area contributed by atoms with E-state index in [4.69, 9.17) is 4.42 Å². The predicted octanol–water partition coefficient (Wildman–Crippen LogP) is 14.8. The number of hydrogen-bond acceptors (Lipinski definition) is 1. The third-order valence-electron chi connectivity index (χ3n) is 15.1. The molecule has 4 nitrogen and oxygen atoms in total. The van der Waals surface area contributed by atoms with Crippen molar-refractivity contribution in [3.63, 3.8) is 0 Å². The molecular weight excluding hydrogens is 855 g/mol. The Kier molecular flexibility index (Phi) is 8.86. The molecule has 5 heteroatoms. The van der Waals surface area contributed by atoms with Crippen molar-refractivity contribution in [2.75, 3.05) is 0 Å². The molecule has 1 unspecified atom stereocenters. The number of hydrogen-bond donors (Lipinski definition) is 0. The fourth-order valence-corrected chi connectivity index (χ4v) is 13.7. The zero-order chi connectivity index (χ0) is 47.1. The van der Waals surface area contributed by atoms with Crippen LogP contribution >= 0.6 is 0 Å². The molecule has 69 heavy (non-hydrogen) atoms. The standard InChI is InChI=1S/C64H55N3OSi/c1-40-27-29-42(30-28-40)45-31-32-47-48-33-34-53-59(61(48)68-57(47)36-45)62-66(60-50(43-19-11-9-12-20-43)37-46(63(3,4)5)38-51(60)44-21-13-10-14-22-44)54-25-17-18-26-55(54)67(62)64(53)52-24-16-15-23-49(52)56-35-41(2)58(39-65(56)64)69(6,7)8/h9-39H,1-8H3/q+2. The summed E-state index contributed by atoms with van der Waals surface area (Å²) < 4.78 is 15.4. The smallest absolute Gasteiger partial charge is 0.364 e. The van der Waals surface area contributed by atoms with Crippen LogP contribution in [0, 0.1) is 13.8 Å². The average Bonchev–Trinajstić information content (AvgIpc) is 4.06. The number of fused-ring (bicyclic) bond motifs is 16. The van der Waals surface area contributed by atoms with Gasteiger partial charge >= 0.3 is 11.5 Å². The maximum Gasteiger partial charge on any atom is 0.364 e. The highest BCUT2D eigenvalue weighted by atomic mass is 28.3. The van der Waals surface area contributed by atoms with Gasteiger partial charge in [-0.25, -0.2) is 0 Å². The molecule has 0 radical (unpaired) electrons. The van der Waals surface area contributed by atoms with Gasteiger partial charge in [0.1, 0.15) is 16.8 Å². The Hall–Kier alpha value is -7.60. The first-order valence-electron chi connectivity index (χ1n) is 24.4. The van der Waals surface area contributed by atoms with E-state index in [0.717, 1.165) is 55.6 Å². The highest BCUT2D eigenvalue weighted by molar-refractivity contribution is 6.89.